The van der Waals surface area contributed by atoms with Gasteiger partial charge in [-0.1, -0.05) is 24.3 Å². The van der Waals surface area contributed by atoms with Gasteiger partial charge < -0.3 is 4.90 Å². The first-order valence-electron chi connectivity index (χ1n) is 5.99. The van der Waals surface area contributed by atoms with Gasteiger partial charge in [0.05, 0.1) is 5.54 Å². The molecule has 0 heterocycles. The fraction of sp³-hybridized carbons (Fsp3) is 0.500. The first-order chi connectivity index (χ1) is 8.16. The van der Waals surface area contributed by atoms with E-state index >= 15 is 0 Å². The Bertz CT molecular complexity index is 426. The average Bonchev–Trinajstić information content (AvgIpc) is 3.09. The summed E-state index contributed by atoms with van der Waals surface area (Å²) in [6.45, 7) is 1.05. The lowest BCUT2D eigenvalue weighted by Crippen LogP contribution is -2.15. The molecule has 3 heteroatoms. The van der Waals surface area contributed by atoms with Crippen LogP contribution >= 0.6 is 0 Å². The minimum absolute atomic E-state index is 0.234. The van der Waals surface area contributed by atoms with Gasteiger partial charge in [-0.15, -0.1) is 0 Å². The molecule has 90 valence electrons. The summed E-state index contributed by atoms with van der Waals surface area (Å²) in [5.41, 5.74) is 2.24. The molecule has 1 aromatic carbocycles. The molecule has 3 nitrogen and oxygen atoms in total. The van der Waals surface area contributed by atoms with Crippen LogP contribution in [0.2, 0.25) is 0 Å². The van der Waals surface area contributed by atoms with Crippen molar-refractivity contribution in [2.24, 2.45) is 4.99 Å². The Morgan fingerprint density at radius 2 is 1.94 bits per heavy atom. The molecule has 1 fully saturated rings. The van der Waals surface area contributed by atoms with Gasteiger partial charge in [0.15, 0.2) is 0 Å². The highest BCUT2D eigenvalue weighted by molar-refractivity contribution is 5.41. The predicted octanol–water partition coefficient (Wildman–Crippen LogP) is 2.12. The van der Waals surface area contributed by atoms with Crippen LogP contribution in [0, 0.1) is 0 Å². The molecule has 0 radical (unpaired) electrons. The van der Waals surface area contributed by atoms with Crippen LogP contribution in [0.3, 0.4) is 0 Å². The maximum absolute atomic E-state index is 10.4. The van der Waals surface area contributed by atoms with E-state index in [9.17, 15) is 4.79 Å². The lowest BCUT2D eigenvalue weighted by atomic mass is 10.0. The minimum Gasteiger partial charge on any atom is -0.309 e. The second-order valence-corrected chi connectivity index (χ2v) is 4.98. The van der Waals surface area contributed by atoms with E-state index in [-0.39, 0.29) is 5.54 Å². The van der Waals surface area contributed by atoms with E-state index in [0.717, 1.165) is 31.4 Å². The molecule has 1 aliphatic rings. The van der Waals surface area contributed by atoms with Crippen molar-refractivity contribution in [2.75, 3.05) is 20.6 Å². The summed E-state index contributed by atoms with van der Waals surface area (Å²) in [4.78, 5) is 16.5. The molecule has 0 atom stereocenters. The van der Waals surface area contributed by atoms with Crippen molar-refractivity contribution >= 4 is 6.08 Å². The zero-order valence-corrected chi connectivity index (χ0v) is 10.4. The lowest BCUT2D eigenvalue weighted by Gasteiger charge is -2.11. The van der Waals surface area contributed by atoms with Crippen molar-refractivity contribution in [3.05, 3.63) is 35.4 Å². The van der Waals surface area contributed by atoms with Crippen molar-refractivity contribution in [2.45, 2.75) is 24.8 Å². The Labute approximate surface area is 102 Å². The Morgan fingerprint density at radius 3 is 2.41 bits per heavy atom. The predicted molar refractivity (Wildman–Crippen MR) is 67.7 cm³/mol. The third-order valence-corrected chi connectivity index (χ3v) is 3.32. The van der Waals surface area contributed by atoms with Gasteiger partial charge in [0.2, 0.25) is 6.08 Å². The van der Waals surface area contributed by atoms with Crippen molar-refractivity contribution in [3.8, 4) is 0 Å². The fourth-order valence-electron chi connectivity index (χ4n) is 2.01. The third kappa shape index (κ3) is 2.82. The molecule has 1 aliphatic carbocycles. The van der Waals surface area contributed by atoms with Gasteiger partial charge in [0.1, 0.15) is 0 Å². The van der Waals surface area contributed by atoms with E-state index in [2.05, 4.69) is 48.3 Å². The molecular weight excluding hydrogens is 212 g/mol. The van der Waals surface area contributed by atoms with Gasteiger partial charge in [0.25, 0.3) is 0 Å². The molecule has 0 bridgehead atoms. The third-order valence-electron chi connectivity index (χ3n) is 3.32. The van der Waals surface area contributed by atoms with Crippen LogP contribution in [0.5, 0.6) is 0 Å². The Hall–Kier alpha value is -1.44. The SMILES string of the molecule is CN(C)CCc1ccc(C2(N=C=O)CC2)cc1. The van der Waals surface area contributed by atoms with E-state index in [4.69, 9.17) is 0 Å². The van der Waals surface area contributed by atoms with E-state index in [1.165, 1.54) is 5.56 Å². The number of aliphatic imine (C=N–C) groups is 1. The zero-order valence-electron chi connectivity index (χ0n) is 10.4. The number of benzene rings is 1. The molecule has 0 N–H and O–H groups in total. The normalized spacial score (nSPS) is 16.6. The van der Waals surface area contributed by atoms with Crippen LogP contribution in [-0.4, -0.2) is 31.6 Å². The first-order valence-corrected chi connectivity index (χ1v) is 5.99. The Kier molecular flexibility index (Phi) is 3.41. The number of likely N-dealkylation sites (N-methyl/N-ethyl adjacent to an activating group) is 1. The minimum atomic E-state index is -0.234. The van der Waals surface area contributed by atoms with E-state index < -0.39 is 0 Å². The first kappa shape index (κ1) is 12.0. The number of carbonyl (C=O) groups excluding carboxylic acids is 1. The molecule has 2 rings (SSSR count). The summed E-state index contributed by atoms with van der Waals surface area (Å²) in [5, 5.41) is 0. The highest BCUT2D eigenvalue weighted by atomic mass is 16.1. The summed E-state index contributed by atoms with van der Waals surface area (Å²) in [6.07, 6.45) is 4.69. The quantitative estimate of drug-likeness (QED) is 0.573. The maximum Gasteiger partial charge on any atom is 0.235 e. The molecule has 1 aromatic rings. The number of rotatable bonds is 5. The van der Waals surface area contributed by atoms with Gasteiger partial charge in [0, 0.05) is 6.54 Å². The summed E-state index contributed by atoms with van der Waals surface area (Å²) in [5.74, 6) is 0. The average molecular weight is 230 g/mol. The number of isocyanates is 1. The van der Waals surface area contributed by atoms with Crippen molar-refractivity contribution in [1.82, 2.24) is 4.90 Å². The summed E-state index contributed by atoms with van der Waals surface area (Å²) in [7, 11) is 4.15. The van der Waals surface area contributed by atoms with Gasteiger partial charge in [-0.25, -0.2) is 4.79 Å². The molecule has 0 unspecified atom stereocenters. The van der Waals surface area contributed by atoms with E-state index in [1.807, 2.05) is 0 Å². The molecule has 17 heavy (non-hydrogen) atoms. The molecule has 0 aromatic heterocycles. The van der Waals surface area contributed by atoms with E-state index in [1.54, 1.807) is 6.08 Å². The fourth-order valence-corrected chi connectivity index (χ4v) is 2.01. The van der Waals surface area contributed by atoms with Gasteiger partial charge in [-0.05, 0) is 44.5 Å². The topological polar surface area (TPSA) is 32.7 Å². The van der Waals surface area contributed by atoms with Gasteiger partial charge >= 0.3 is 0 Å². The molecule has 1 saturated carbocycles. The second-order valence-electron chi connectivity index (χ2n) is 4.98. The standard InChI is InChI=1S/C14H18N2O/c1-16(2)10-7-12-3-5-13(6-4-12)14(8-9-14)15-11-17/h3-6H,7-10H2,1-2H3. The summed E-state index contributed by atoms with van der Waals surface area (Å²) >= 11 is 0. The van der Waals surface area contributed by atoms with Crippen LogP contribution in [0.25, 0.3) is 0 Å². The smallest absolute Gasteiger partial charge is 0.235 e. The largest absolute Gasteiger partial charge is 0.309 e. The van der Waals surface area contributed by atoms with Crippen LogP contribution < -0.4 is 0 Å². The Balaban J connectivity index is 2.06. The maximum atomic E-state index is 10.4. The van der Waals surface area contributed by atoms with Crippen LogP contribution in [-0.2, 0) is 16.8 Å². The number of hydrogen-bond donors (Lipinski definition) is 0. The lowest BCUT2D eigenvalue weighted by molar-refractivity contribution is 0.413. The summed E-state index contributed by atoms with van der Waals surface area (Å²) < 4.78 is 0. The number of nitrogens with zero attached hydrogens (tertiary/aromatic N) is 2. The van der Waals surface area contributed by atoms with Crippen LogP contribution in [0.4, 0.5) is 0 Å². The van der Waals surface area contributed by atoms with E-state index in [0.29, 0.717) is 0 Å². The van der Waals surface area contributed by atoms with Crippen molar-refractivity contribution in [3.63, 3.8) is 0 Å². The van der Waals surface area contributed by atoms with Crippen molar-refractivity contribution < 1.29 is 4.79 Å². The molecule has 0 aliphatic heterocycles. The molecule has 0 spiro atoms. The Morgan fingerprint density at radius 1 is 1.29 bits per heavy atom. The monoisotopic (exact) mass is 230 g/mol. The summed E-state index contributed by atoms with van der Waals surface area (Å²) in [6, 6.07) is 8.47. The van der Waals surface area contributed by atoms with Crippen molar-refractivity contribution in [1.29, 1.82) is 0 Å². The highest BCUT2D eigenvalue weighted by Crippen LogP contribution is 2.49. The van der Waals surface area contributed by atoms with Gasteiger partial charge in [-0.3, -0.25) is 0 Å². The zero-order chi connectivity index (χ0) is 12.3. The highest BCUT2D eigenvalue weighted by Gasteiger charge is 2.44. The molecule has 0 saturated heterocycles. The number of hydrogen-bond acceptors (Lipinski definition) is 3. The second kappa shape index (κ2) is 4.82. The van der Waals surface area contributed by atoms with Crippen LogP contribution in [0.15, 0.2) is 29.3 Å². The van der Waals surface area contributed by atoms with Gasteiger partial charge in [-0.2, -0.15) is 4.99 Å². The molecular formula is C14H18N2O. The van der Waals surface area contributed by atoms with Crippen LogP contribution in [0.1, 0.15) is 24.0 Å². The molecule has 0 amide bonds.